The van der Waals surface area contributed by atoms with E-state index in [2.05, 4.69) is 24.7 Å². The maximum atomic E-state index is 13.7. The molecule has 0 bridgehead atoms. The van der Waals surface area contributed by atoms with E-state index in [1.165, 1.54) is 12.1 Å². The average molecular weight is 450 g/mol. The van der Waals surface area contributed by atoms with Gasteiger partial charge in [0.15, 0.2) is 0 Å². The number of nitrogens with zero attached hydrogens (tertiary/aromatic N) is 4. The van der Waals surface area contributed by atoms with Crippen LogP contribution >= 0.6 is 0 Å². The zero-order valence-electron chi connectivity index (χ0n) is 16.9. The highest BCUT2D eigenvalue weighted by Crippen LogP contribution is 2.41. The van der Waals surface area contributed by atoms with E-state index >= 15 is 0 Å². The van der Waals surface area contributed by atoms with Gasteiger partial charge in [0.2, 0.25) is 11.3 Å². The van der Waals surface area contributed by atoms with Crippen molar-refractivity contribution < 1.29 is 13.2 Å². The lowest BCUT2D eigenvalue weighted by Crippen LogP contribution is -2.20. The van der Waals surface area contributed by atoms with Gasteiger partial charge in [-0.3, -0.25) is 14.5 Å². The number of nitrogens with one attached hydrogen (secondary N) is 1. The Bertz CT molecular complexity index is 1140. The van der Waals surface area contributed by atoms with Crippen molar-refractivity contribution in [2.75, 3.05) is 0 Å². The molecule has 1 aromatic carbocycles. The lowest BCUT2D eigenvalue weighted by atomic mass is 9.76. The molecule has 3 aromatic heterocycles. The summed E-state index contributed by atoms with van der Waals surface area (Å²) in [6.45, 7) is 0.0253. The second-order valence-electron chi connectivity index (χ2n) is 7.05. The Hall–Kier alpha value is -3.40. The minimum Gasteiger partial charge on any atom is -0.294 e. The number of halogens is 1. The van der Waals surface area contributed by atoms with E-state index in [0.29, 0.717) is 11.5 Å². The molecule has 4 aromatic rings. The van der Waals surface area contributed by atoms with E-state index in [0.717, 1.165) is 16.7 Å². The van der Waals surface area contributed by atoms with Gasteiger partial charge in [-0.15, -0.1) is 0 Å². The molecule has 162 valence electrons. The summed E-state index contributed by atoms with van der Waals surface area (Å²) in [5.74, 6) is -0.492. The molecule has 0 saturated heterocycles. The fourth-order valence-electron chi connectivity index (χ4n) is 3.70. The van der Waals surface area contributed by atoms with E-state index in [-0.39, 0.29) is 24.2 Å². The molecule has 0 fully saturated rings. The van der Waals surface area contributed by atoms with Gasteiger partial charge in [0.05, 0.1) is 12.2 Å². The smallest absolute Gasteiger partial charge is 0.232 e. The van der Waals surface area contributed by atoms with Crippen LogP contribution < -0.4 is 4.72 Å². The Morgan fingerprint density at radius 1 is 0.875 bits per heavy atom. The van der Waals surface area contributed by atoms with Gasteiger partial charge < -0.3 is 0 Å². The normalized spacial score (nSPS) is 13.1. The van der Waals surface area contributed by atoms with Crippen LogP contribution in [0.25, 0.3) is 0 Å². The first-order chi connectivity index (χ1) is 15.6. The third-order valence-electron chi connectivity index (χ3n) is 5.05. The van der Waals surface area contributed by atoms with Crippen LogP contribution in [0.3, 0.4) is 0 Å². The van der Waals surface area contributed by atoms with Crippen molar-refractivity contribution in [1.29, 1.82) is 0 Å². The highest BCUT2D eigenvalue weighted by atomic mass is 32.2. The van der Waals surface area contributed by atoms with Crippen molar-refractivity contribution in [3.05, 3.63) is 120 Å². The molecule has 7 nitrogen and oxygen atoms in total. The fraction of sp³-hybridized carbons (Fsp3) is 0.130. The summed E-state index contributed by atoms with van der Waals surface area (Å²) in [6.07, 6.45) is 8.62. The van der Waals surface area contributed by atoms with E-state index in [9.17, 15) is 8.60 Å². The van der Waals surface area contributed by atoms with Gasteiger partial charge in [-0.1, -0.05) is 24.3 Å². The molecular formula is C23H20FN5O2S. The van der Waals surface area contributed by atoms with Crippen LogP contribution in [0.4, 0.5) is 4.39 Å². The predicted molar refractivity (Wildman–Crippen MR) is 118 cm³/mol. The van der Waals surface area contributed by atoms with Gasteiger partial charge in [-0.25, -0.2) is 23.3 Å². The second-order valence-corrected chi connectivity index (χ2v) is 7.83. The third kappa shape index (κ3) is 5.25. The van der Waals surface area contributed by atoms with E-state index in [4.69, 9.17) is 4.55 Å². The number of rotatable bonds is 8. The summed E-state index contributed by atoms with van der Waals surface area (Å²) in [4.78, 5) is 17.5. The van der Waals surface area contributed by atoms with Crippen LogP contribution in [-0.2, 0) is 17.8 Å². The summed E-state index contributed by atoms with van der Waals surface area (Å²) in [6, 6.07) is 15.8. The minimum atomic E-state index is -2.18. The fourth-order valence-corrected chi connectivity index (χ4v) is 3.95. The third-order valence-corrected chi connectivity index (χ3v) is 5.44. The molecule has 9 heteroatoms. The Labute approximate surface area is 187 Å². The van der Waals surface area contributed by atoms with Gasteiger partial charge in [0.25, 0.3) is 0 Å². The first-order valence-corrected chi connectivity index (χ1v) is 10.9. The lowest BCUT2D eigenvalue weighted by molar-refractivity contribution is 0.546. The highest BCUT2D eigenvalue weighted by Gasteiger charge is 2.30. The van der Waals surface area contributed by atoms with E-state index < -0.39 is 11.3 Å². The minimum absolute atomic E-state index is 0.0253. The number of aromatic nitrogens is 4. The van der Waals surface area contributed by atoms with Gasteiger partial charge in [-0.05, 0) is 47.0 Å². The molecular weight excluding hydrogens is 429 g/mol. The molecule has 0 spiro atoms. The number of pyridine rings is 2. The first kappa shape index (κ1) is 21.8. The molecule has 3 heterocycles. The second kappa shape index (κ2) is 10.3. The van der Waals surface area contributed by atoms with Crippen molar-refractivity contribution in [1.82, 2.24) is 24.7 Å². The van der Waals surface area contributed by atoms with E-state index in [1.807, 2.05) is 24.3 Å². The zero-order chi connectivity index (χ0) is 22.3. The molecule has 2 N–H and O–H groups in total. The van der Waals surface area contributed by atoms with Gasteiger partial charge in [-0.2, -0.15) is 0 Å². The van der Waals surface area contributed by atoms with Crippen molar-refractivity contribution in [2.45, 2.75) is 18.4 Å². The lowest BCUT2D eigenvalue weighted by Gasteiger charge is -2.28. The van der Waals surface area contributed by atoms with Gasteiger partial charge >= 0.3 is 0 Å². The zero-order valence-corrected chi connectivity index (χ0v) is 17.7. The SMILES string of the molecule is O=S(O)NCc1nccc(C(c2ccc(F)cc2)C(c2cccnc2)c2cccnc2)n1. The van der Waals surface area contributed by atoms with Crippen LogP contribution in [0.2, 0.25) is 0 Å². The van der Waals surface area contributed by atoms with Gasteiger partial charge in [0, 0.05) is 42.8 Å². The summed E-state index contributed by atoms with van der Waals surface area (Å²) >= 11 is -2.18. The Morgan fingerprint density at radius 3 is 2.09 bits per heavy atom. The monoisotopic (exact) mass is 449 g/mol. The Balaban J connectivity index is 1.87. The maximum Gasteiger partial charge on any atom is 0.232 e. The standard InChI is InChI=1S/C23H20FN5O2S/c24-19-7-5-16(6-8-19)23(20-9-12-27-21(29-20)15-28-32(30)31)22(17-3-1-10-25-13-17)18-4-2-11-26-14-18/h1-14,22-23,28H,15H2,(H,30,31). The molecule has 0 amide bonds. The van der Waals surface area contributed by atoms with Crippen LogP contribution in [-0.4, -0.2) is 28.7 Å². The Morgan fingerprint density at radius 2 is 1.53 bits per heavy atom. The molecule has 0 aliphatic heterocycles. The molecule has 0 saturated carbocycles. The highest BCUT2D eigenvalue weighted by molar-refractivity contribution is 7.77. The van der Waals surface area contributed by atoms with E-state index in [1.54, 1.807) is 49.2 Å². The van der Waals surface area contributed by atoms with Crippen LogP contribution in [0.1, 0.15) is 40.0 Å². The number of benzene rings is 1. The van der Waals surface area contributed by atoms with Gasteiger partial charge in [0.1, 0.15) is 11.6 Å². The first-order valence-electron chi connectivity index (χ1n) is 9.83. The molecule has 2 atom stereocenters. The van der Waals surface area contributed by atoms with Crippen LogP contribution in [0.15, 0.2) is 85.6 Å². The molecule has 4 rings (SSSR count). The molecule has 0 aliphatic carbocycles. The summed E-state index contributed by atoms with van der Waals surface area (Å²) < 4.78 is 36.2. The predicted octanol–water partition coefficient (Wildman–Crippen LogP) is 3.60. The largest absolute Gasteiger partial charge is 0.294 e. The quantitative estimate of drug-likeness (QED) is 0.399. The van der Waals surface area contributed by atoms with Crippen molar-refractivity contribution in [3.63, 3.8) is 0 Å². The molecule has 0 radical (unpaired) electrons. The summed E-state index contributed by atoms with van der Waals surface area (Å²) in [5, 5.41) is 0. The van der Waals surface area contributed by atoms with Crippen LogP contribution in [0, 0.1) is 5.82 Å². The maximum absolute atomic E-state index is 13.7. The van der Waals surface area contributed by atoms with Crippen molar-refractivity contribution in [2.24, 2.45) is 0 Å². The summed E-state index contributed by atoms with van der Waals surface area (Å²) in [5.41, 5.74) is 3.44. The average Bonchev–Trinajstić information content (AvgIpc) is 2.83. The van der Waals surface area contributed by atoms with Crippen molar-refractivity contribution in [3.8, 4) is 0 Å². The molecule has 0 aliphatic rings. The molecule has 32 heavy (non-hydrogen) atoms. The Kier molecular flexibility index (Phi) is 7.00. The van der Waals surface area contributed by atoms with Crippen LogP contribution in [0.5, 0.6) is 0 Å². The molecule has 2 unspecified atom stereocenters. The number of hydrogen-bond donors (Lipinski definition) is 2. The topological polar surface area (TPSA) is 101 Å². The summed E-state index contributed by atoms with van der Waals surface area (Å²) in [7, 11) is 0. The number of hydrogen-bond acceptors (Lipinski definition) is 5. The van der Waals surface area contributed by atoms with Crippen molar-refractivity contribution >= 4 is 11.3 Å².